The van der Waals surface area contributed by atoms with E-state index in [4.69, 9.17) is 5.26 Å². The molecule has 0 aliphatic rings. The Hall–Kier alpha value is -2.85. The minimum Gasteiger partial charge on any atom is -0.335 e. The van der Waals surface area contributed by atoms with Gasteiger partial charge < -0.3 is 5.32 Å². The van der Waals surface area contributed by atoms with Crippen LogP contribution in [-0.2, 0) is 6.18 Å². The van der Waals surface area contributed by atoms with E-state index in [-0.39, 0.29) is 11.2 Å². The molecule has 0 bridgehead atoms. The number of aromatic nitrogens is 1. The largest absolute Gasteiger partial charge is 0.416 e. The number of rotatable bonds is 6. The van der Waals surface area contributed by atoms with Crippen molar-refractivity contribution in [3.05, 3.63) is 23.8 Å². The summed E-state index contributed by atoms with van der Waals surface area (Å²) in [6.07, 6.45) is -3.57. The average Bonchev–Trinajstić information content (AvgIpc) is 3.04. The van der Waals surface area contributed by atoms with Crippen molar-refractivity contribution in [3.63, 3.8) is 0 Å². The highest BCUT2D eigenvalue weighted by Crippen LogP contribution is 2.34. The number of hydrogen-bond acceptors (Lipinski definition) is 5. The Bertz CT molecular complexity index is 928. The molecule has 28 heavy (non-hydrogen) atoms. The van der Waals surface area contributed by atoms with Gasteiger partial charge in [-0.05, 0) is 38.0 Å². The number of alkyl halides is 3. The van der Waals surface area contributed by atoms with Crippen molar-refractivity contribution in [2.45, 2.75) is 38.9 Å². The van der Waals surface area contributed by atoms with Crippen LogP contribution in [0.25, 0.3) is 10.2 Å². The molecule has 0 saturated heterocycles. The van der Waals surface area contributed by atoms with Crippen LogP contribution in [-0.4, -0.2) is 17.1 Å². The number of urea groups is 1. The zero-order valence-electron chi connectivity index (χ0n) is 15.2. The van der Waals surface area contributed by atoms with Gasteiger partial charge in [0, 0.05) is 6.04 Å². The molecule has 0 saturated carbocycles. The number of nitrogens with zero attached hydrogens (tertiary/aromatic N) is 3. The summed E-state index contributed by atoms with van der Waals surface area (Å²) in [6, 6.07) is 6.41. The van der Waals surface area contributed by atoms with Crippen LogP contribution in [0.4, 0.5) is 23.1 Å². The molecule has 0 fully saturated rings. The van der Waals surface area contributed by atoms with E-state index in [1.54, 1.807) is 6.92 Å². The number of anilines is 1. The van der Waals surface area contributed by atoms with Crippen molar-refractivity contribution >= 4 is 32.7 Å². The maximum absolute atomic E-state index is 12.8. The van der Waals surface area contributed by atoms with Gasteiger partial charge in [-0.25, -0.2) is 9.78 Å². The van der Waals surface area contributed by atoms with Crippen molar-refractivity contribution in [1.82, 2.24) is 10.3 Å². The number of nitriles is 2. The second kappa shape index (κ2) is 8.89. The highest BCUT2D eigenvalue weighted by atomic mass is 32.1. The third kappa shape index (κ3) is 5.33. The Morgan fingerprint density at radius 1 is 1.32 bits per heavy atom. The number of halogens is 3. The maximum atomic E-state index is 12.8. The maximum Gasteiger partial charge on any atom is 0.416 e. The fraction of sp³-hybridized carbons (Fsp3) is 0.444. The van der Waals surface area contributed by atoms with E-state index < -0.39 is 29.6 Å². The lowest BCUT2D eigenvalue weighted by molar-refractivity contribution is -0.137. The summed E-state index contributed by atoms with van der Waals surface area (Å²) in [4.78, 5) is 16.3. The molecule has 3 atom stereocenters. The molecule has 3 unspecified atom stereocenters. The van der Waals surface area contributed by atoms with Crippen molar-refractivity contribution in [2.75, 3.05) is 5.32 Å². The van der Waals surface area contributed by atoms with Crippen LogP contribution in [0.2, 0.25) is 0 Å². The van der Waals surface area contributed by atoms with E-state index in [0.717, 1.165) is 23.5 Å². The van der Waals surface area contributed by atoms with Gasteiger partial charge in [0.2, 0.25) is 0 Å². The number of hydrogen-bond donors (Lipinski definition) is 2. The number of carbonyl (C=O) groups excluding carboxylic acids is 1. The van der Waals surface area contributed by atoms with E-state index in [1.165, 1.54) is 6.07 Å². The lowest BCUT2D eigenvalue weighted by Gasteiger charge is -2.20. The molecule has 10 heteroatoms. The van der Waals surface area contributed by atoms with Gasteiger partial charge in [0.1, 0.15) is 0 Å². The van der Waals surface area contributed by atoms with Crippen LogP contribution in [0.15, 0.2) is 18.2 Å². The number of thiazole rings is 1. The molecule has 6 nitrogen and oxygen atoms in total. The Balaban J connectivity index is 2.05. The fourth-order valence-electron chi connectivity index (χ4n) is 2.57. The lowest BCUT2D eigenvalue weighted by atomic mass is 9.89. The number of fused-ring (bicyclic) bond motifs is 1. The Morgan fingerprint density at radius 3 is 2.61 bits per heavy atom. The molecule has 1 aromatic carbocycles. The monoisotopic (exact) mass is 409 g/mol. The van der Waals surface area contributed by atoms with Crippen molar-refractivity contribution in [3.8, 4) is 12.1 Å². The van der Waals surface area contributed by atoms with E-state index >= 15 is 0 Å². The van der Waals surface area contributed by atoms with Gasteiger partial charge in [-0.3, -0.25) is 5.32 Å². The van der Waals surface area contributed by atoms with Crippen LogP contribution in [0.1, 0.15) is 32.3 Å². The Kier molecular flexibility index (Phi) is 6.81. The SMILES string of the molecule is CCC(CC(C#N)C(C)C#N)NC(=O)Nc1nc2ccc(C(F)(F)F)cc2s1. The van der Waals surface area contributed by atoms with Gasteiger partial charge in [-0.15, -0.1) is 0 Å². The highest BCUT2D eigenvalue weighted by molar-refractivity contribution is 7.22. The fourth-order valence-corrected chi connectivity index (χ4v) is 3.47. The predicted octanol–water partition coefficient (Wildman–Crippen LogP) is 4.90. The van der Waals surface area contributed by atoms with Crippen molar-refractivity contribution in [2.24, 2.45) is 11.8 Å². The van der Waals surface area contributed by atoms with Crippen LogP contribution in [0.3, 0.4) is 0 Å². The summed E-state index contributed by atoms with van der Waals surface area (Å²) >= 11 is 0.939. The van der Waals surface area contributed by atoms with Crippen LogP contribution < -0.4 is 10.6 Å². The molecule has 0 spiro atoms. The summed E-state index contributed by atoms with van der Waals surface area (Å²) in [5.74, 6) is -0.977. The summed E-state index contributed by atoms with van der Waals surface area (Å²) < 4.78 is 38.7. The molecule has 2 aromatic rings. The van der Waals surface area contributed by atoms with Gasteiger partial charge in [-0.1, -0.05) is 18.3 Å². The van der Waals surface area contributed by atoms with Crippen LogP contribution >= 0.6 is 11.3 Å². The highest BCUT2D eigenvalue weighted by Gasteiger charge is 2.30. The predicted molar refractivity (Wildman–Crippen MR) is 99.4 cm³/mol. The zero-order valence-corrected chi connectivity index (χ0v) is 16.0. The van der Waals surface area contributed by atoms with Gasteiger partial charge in [0.25, 0.3) is 0 Å². The first-order valence-electron chi connectivity index (χ1n) is 8.52. The topological polar surface area (TPSA) is 102 Å². The molecule has 1 aromatic heterocycles. The lowest BCUT2D eigenvalue weighted by Crippen LogP contribution is -2.39. The van der Waals surface area contributed by atoms with Crippen LogP contribution in [0.5, 0.6) is 0 Å². The molecule has 0 aliphatic carbocycles. The third-order valence-electron chi connectivity index (χ3n) is 4.28. The Morgan fingerprint density at radius 2 is 2.04 bits per heavy atom. The van der Waals surface area contributed by atoms with E-state index in [1.807, 2.05) is 13.0 Å². The van der Waals surface area contributed by atoms with E-state index in [2.05, 4.69) is 21.7 Å². The minimum absolute atomic E-state index is 0.170. The van der Waals surface area contributed by atoms with Gasteiger partial charge >= 0.3 is 12.2 Å². The minimum atomic E-state index is -4.45. The van der Waals surface area contributed by atoms with E-state index in [0.29, 0.717) is 23.1 Å². The van der Waals surface area contributed by atoms with Gasteiger partial charge in [0.15, 0.2) is 5.13 Å². The smallest absolute Gasteiger partial charge is 0.335 e. The first kappa shape index (κ1) is 21.5. The molecule has 1 heterocycles. The molecule has 0 radical (unpaired) electrons. The first-order valence-corrected chi connectivity index (χ1v) is 9.34. The standard InChI is InChI=1S/C18H18F3N5OS/c1-3-13(6-11(9-23)10(2)8-22)24-16(27)26-17-25-14-5-4-12(18(19,20)21)7-15(14)28-17/h4-5,7,10-11,13H,3,6H2,1-2H3,(H2,24,25,26,27). The first-order chi connectivity index (χ1) is 13.2. The van der Waals surface area contributed by atoms with Gasteiger partial charge in [0.05, 0.1) is 39.8 Å². The summed E-state index contributed by atoms with van der Waals surface area (Å²) in [6.45, 7) is 3.49. The number of carbonyl (C=O) groups is 1. The number of nitrogens with one attached hydrogen (secondary N) is 2. The van der Waals surface area contributed by atoms with Gasteiger partial charge in [-0.2, -0.15) is 23.7 Å². The van der Waals surface area contributed by atoms with E-state index in [9.17, 15) is 23.2 Å². The van der Waals surface area contributed by atoms with Crippen LogP contribution in [0, 0.1) is 34.5 Å². The molecular weight excluding hydrogens is 391 g/mol. The average molecular weight is 409 g/mol. The normalized spacial score (nSPS) is 14.5. The summed E-state index contributed by atoms with van der Waals surface area (Å²) in [5, 5.41) is 23.5. The van der Waals surface area contributed by atoms with Crippen molar-refractivity contribution < 1.29 is 18.0 Å². The summed E-state index contributed by atoms with van der Waals surface area (Å²) in [5.41, 5.74) is -0.424. The molecule has 0 aliphatic heterocycles. The Labute approximate surface area is 164 Å². The quantitative estimate of drug-likeness (QED) is 0.708. The number of amides is 2. The zero-order chi connectivity index (χ0) is 20.9. The number of benzene rings is 1. The molecule has 2 rings (SSSR count). The second-order valence-electron chi connectivity index (χ2n) is 6.29. The second-order valence-corrected chi connectivity index (χ2v) is 7.32. The summed E-state index contributed by atoms with van der Waals surface area (Å²) in [7, 11) is 0. The molecule has 148 valence electrons. The molecular formula is C18H18F3N5OS. The molecule has 2 N–H and O–H groups in total. The van der Waals surface area contributed by atoms with Crippen molar-refractivity contribution in [1.29, 1.82) is 10.5 Å². The molecule has 2 amide bonds. The third-order valence-corrected chi connectivity index (χ3v) is 5.21.